The normalized spacial score (nSPS) is 30.1. The predicted molar refractivity (Wildman–Crippen MR) is 106 cm³/mol. The molecule has 2 heterocycles. The number of hydrogen-bond donors (Lipinski definition) is 0. The van der Waals surface area contributed by atoms with Gasteiger partial charge in [0.05, 0.1) is 17.8 Å². The largest absolute Gasteiger partial charge is 0.447 e. The van der Waals surface area contributed by atoms with Gasteiger partial charge in [-0.3, -0.25) is 9.80 Å². The number of hydrogen-bond acceptors (Lipinski definition) is 4. The van der Waals surface area contributed by atoms with Crippen molar-refractivity contribution in [3.05, 3.63) is 41.1 Å². The molecule has 6 nitrogen and oxygen atoms in total. The first-order valence-corrected chi connectivity index (χ1v) is 9.76. The van der Waals surface area contributed by atoms with E-state index in [0.29, 0.717) is 13.2 Å². The summed E-state index contributed by atoms with van der Waals surface area (Å²) in [5.74, 6) is 0. The Balaban J connectivity index is 1.81. The molecule has 2 fully saturated rings. The summed E-state index contributed by atoms with van der Waals surface area (Å²) in [5, 5.41) is 0. The van der Waals surface area contributed by atoms with Crippen LogP contribution in [0.1, 0.15) is 52.2 Å². The summed E-state index contributed by atoms with van der Waals surface area (Å²) in [6.45, 7) is 12.9. The van der Waals surface area contributed by atoms with E-state index in [1.165, 1.54) is 0 Å². The second-order valence-electron chi connectivity index (χ2n) is 9.38. The van der Waals surface area contributed by atoms with Gasteiger partial charge in [-0.25, -0.2) is 9.59 Å². The number of benzene rings is 1. The molecule has 1 saturated heterocycles. The van der Waals surface area contributed by atoms with Crippen LogP contribution in [0.5, 0.6) is 0 Å². The third-order valence-corrected chi connectivity index (χ3v) is 6.36. The van der Waals surface area contributed by atoms with Crippen LogP contribution in [0.15, 0.2) is 30.0 Å². The van der Waals surface area contributed by atoms with Gasteiger partial charge >= 0.3 is 12.2 Å². The minimum absolute atomic E-state index is 0.235. The van der Waals surface area contributed by atoms with E-state index < -0.39 is 11.1 Å². The van der Waals surface area contributed by atoms with Gasteiger partial charge in [0.2, 0.25) is 0 Å². The van der Waals surface area contributed by atoms with E-state index in [4.69, 9.17) is 9.47 Å². The van der Waals surface area contributed by atoms with Gasteiger partial charge in [-0.15, -0.1) is 0 Å². The van der Waals surface area contributed by atoms with E-state index >= 15 is 0 Å². The van der Waals surface area contributed by atoms with Crippen LogP contribution in [0, 0.1) is 6.92 Å². The molecule has 1 saturated carbocycles. The summed E-state index contributed by atoms with van der Waals surface area (Å²) in [5.41, 5.74) is 2.82. The SMILES string of the molecule is Cc1ccc2c(c1)[C@]1(C)C/C(=C\N3CCOC3=O)[C@]1(C)N2C(=O)OC(C)(C)C. The second kappa shape index (κ2) is 5.75. The number of carbonyl (C=O) groups is 2. The van der Waals surface area contributed by atoms with E-state index in [9.17, 15) is 9.59 Å². The Morgan fingerprint density at radius 3 is 2.61 bits per heavy atom. The van der Waals surface area contributed by atoms with Crippen molar-refractivity contribution in [2.24, 2.45) is 0 Å². The zero-order chi connectivity index (χ0) is 20.5. The maximum absolute atomic E-state index is 13.3. The Labute approximate surface area is 166 Å². The summed E-state index contributed by atoms with van der Waals surface area (Å²) in [7, 11) is 0. The second-order valence-corrected chi connectivity index (χ2v) is 9.38. The summed E-state index contributed by atoms with van der Waals surface area (Å²) < 4.78 is 10.8. The number of fused-ring (bicyclic) bond motifs is 3. The van der Waals surface area contributed by atoms with Crippen LogP contribution in [0.2, 0.25) is 0 Å². The van der Waals surface area contributed by atoms with E-state index in [1.807, 2.05) is 39.1 Å². The lowest BCUT2D eigenvalue weighted by molar-refractivity contribution is 0.0504. The minimum atomic E-state index is -0.594. The smallest absolute Gasteiger partial charge is 0.415 e. The molecule has 0 N–H and O–H groups in total. The Bertz CT molecular complexity index is 900. The average Bonchev–Trinajstić information content (AvgIpc) is 3.03. The number of carbonyl (C=O) groups excluding carboxylic acids is 2. The summed E-state index contributed by atoms with van der Waals surface area (Å²) in [6, 6.07) is 6.19. The fourth-order valence-corrected chi connectivity index (χ4v) is 4.72. The molecule has 1 aromatic carbocycles. The summed E-state index contributed by atoms with van der Waals surface area (Å²) in [6.07, 6.45) is 1.95. The minimum Gasteiger partial charge on any atom is -0.447 e. The molecule has 0 unspecified atom stereocenters. The van der Waals surface area contributed by atoms with Crippen LogP contribution in [0.25, 0.3) is 0 Å². The molecular weight excluding hydrogens is 356 g/mol. The molecule has 150 valence electrons. The Hall–Kier alpha value is -2.50. The zero-order valence-corrected chi connectivity index (χ0v) is 17.5. The highest BCUT2D eigenvalue weighted by atomic mass is 16.6. The van der Waals surface area contributed by atoms with Crippen LogP contribution >= 0.6 is 0 Å². The Kier molecular flexibility index (Phi) is 3.87. The van der Waals surface area contributed by atoms with Crippen molar-refractivity contribution in [2.45, 2.75) is 64.5 Å². The van der Waals surface area contributed by atoms with Crippen LogP contribution in [-0.4, -0.2) is 41.4 Å². The average molecular weight is 384 g/mol. The molecule has 3 aliphatic rings. The lowest BCUT2D eigenvalue weighted by Crippen LogP contribution is -2.66. The van der Waals surface area contributed by atoms with Crippen molar-refractivity contribution in [3.63, 3.8) is 0 Å². The standard InChI is InChI=1S/C22H28N2O4/c1-14-7-8-17-16(11-14)21(5)12-15(13-23-9-10-27-18(23)25)22(21,6)24(17)19(26)28-20(2,3)4/h7-8,11,13H,9-10,12H2,1-6H3/b15-13+/t21-,22-/m0/s1. The third kappa shape index (κ3) is 2.46. The highest BCUT2D eigenvalue weighted by Gasteiger charge is 2.68. The third-order valence-electron chi connectivity index (χ3n) is 6.36. The van der Waals surface area contributed by atoms with Gasteiger partial charge in [0.15, 0.2) is 0 Å². The molecule has 0 aromatic heterocycles. The number of rotatable bonds is 1. The number of amides is 2. The maximum Gasteiger partial charge on any atom is 0.415 e. The molecule has 0 spiro atoms. The van der Waals surface area contributed by atoms with Gasteiger partial charge in [0.25, 0.3) is 0 Å². The lowest BCUT2D eigenvalue weighted by Gasteiger charge is -2.57. The first kappa shape index (κ1) is 18.8. The molecule has 0 radical (unpaired) electrons. The number of ether oxygens (including phenoxy) is 2. The van der Waals surface area contributed by atoms with Crippen molar-refractivity contribution in [1.29, 1.82) is 0 Å². The zero-order valence-electron chi connectivity index (χ0n) is 17.5. The van der Waals surface area contributed by atoms with E-state index in [2.05, 4.69) is 26.8 Å². The fourth-order valence-electron chi connectivity index (χ4n) is 4.72. The molecule has 4 rings (SSSR count). The van der Waals surface area contributed by atoms with E-state index in [1.54, 1.807) is 9.80 Å². The number of nitrogens with zero attached hydrogens (tertiary/aromatic N) is 2. The van der Waals surface area contributed by atoms with Crippen LogP contribution in [0.4, 0.5) is 15.3 Å². The molecule has 6 heteroatoms. The Morgan fingerprint density at radius 1 is 1.29 bits per heavy atom. The van der Waals surface area contributed by atoms with Crippen molar-refractivity contribution in [3.8, 4) is 0 Å². The summed E-state index contributed by atoms with van der Waals surface area (Å²) >= 11 is 0. The first-order chi connectivity index (χ1) is 13.0. The van der Waals surface area contributed by atoms with Crippen LogP contribution < -0.4 is 4.90 Å². The van der Waals surface area contributed by atoms with Gasteiger partial charge in [-0.05, 0) is 58.2 Å². The molecule has 28 heavy (non-hydrogen) atoms. The number of anilines is 1. The number of cyclic esters (lactones) is 1. The number of aryl methyl sites for hydroxylation is 1. The van der Waals surface area contributed by atoms with Gasteiger partial charge in [0.1, 0.15) is 12.2 Å². The quantitative estimate of drug-likeness (QED) is 0.715. The van der Waals surface area contributed by atoms with Gasteiger partial charge in [0, 0.05) is 11.6 Å². The lowest BCUT2D eigenvalue weighted by atomic mass is 9.52. The van der Waals surface area contributed by atoms with Gasteiger partial charge < -0.3 is 9.47 Å². The summed E-state index contributed by atoms with van der Waals surface area (Å²) in [4.78, 5) is 28.6. The van der Waals surface area contributed by atoms with Crippen molar-refractivity contribution >= 4 is 17.9 Å². The maximum atomic E-state index is 13.3. The topological polar surface area (TPSA) is 59.1 Å². The molecular formula is C22H28N2O4. The molecule has 1 aromatic rings. The van der Waals surface area contributed by atoms with Crippen LogP contribution in [0.3, 0.4) is 0 Å². The molecule has 2 amide bonds. The monoisotopic (exact) mass is 384 g/mol. The van der Waals surface area contributed by atoms with Crippen molar-refractivity contribution in [1.82, 2.24) is 4.90 Å². The van der Waals surface area contributed by atoms with Gasteiger partial charge in [-0.1, -0.05) is 24.6 Å². The Morgan fingerprint density at radius 2 is 2.00 bits per heavy atom. The van der Waals surface area contributed by atoms with Crippen molar-refractivity contribution < 1.29 is 19.1 Å². The predicted octanol–water partition coefficient (Wildman–Crippen LogP) is 4.51. The van der Waals surface area contributed by atoms with Gasteiger partial charge in [-0.2, -0.15) is 0 Å². The van der Waals surface area contributed by atoms with E-state index in [0.717, 1.165) is 28.8 Å². The molecule has 0 bridgehead atoms. The molecule has 2 atom stereocenters. The molecule has 2 aliphatic heterocycles. The highest BCUT2D eigenvalue weighted by Crippen LogP contribution is 2.65. The first-order valence-electron chi connectivity index (χ1n) is 9.76. The van der Waals surface area contributed by atoms with E-state index in [-0.39, 0.29) is 17.6 Å². The molecule has 1 aliphatic carbocycles. The highest BCUT2D eigenvalue weighted by molar-refractivity contribution is 5.97. The fraction of sp³-hybridized carbons (Fsp3) is 0.545. The van der Waals surface area contributed by atoms with Crippen molar-refractivity contribution in [2.75, 3.05) is 18.1 Å². The van der Waals surface area contributed by atoms with Crippen LogP contribution in [-0.2, 0) is 14.9 Å².